The van der Waals surface area contributed by atoms with Crippen molar-refractivity contribution in [1.29, 1.82) is 0 Å². The molecule has 0 aliphatic carbocycles. The van der Waals surface area contributed by atoms with Crippen LogP contribution in [0.4, 0.5) is 18.6 Å². The summed E-state index contributed by atoms with van der Waals surface area (Å²) in [5.41, 5.74) is 4.15. The van der Waals surface area contributed by atoms with E-state index in [1.165, 1.54) is 0 Å². The fourth-order valence-corrected chi connectivity index (χ4v) is 3.70. The Morgan fingerprint density at radius 2 is 1.62 bits per heavy atom. The van der Waals surface area contributed by atoms with Gasteiger partial charge in [-0.25, -0.2) is 0 Å². The molecule has 1 heterocycles. The lowest BCUT2D eigenvalue weighted by Gasteiger charge is -2.34. The van der Waals surface area contributed by atoms with Gasteiger partial charge in [-0.3, -0.25) is 0 Å². The van der Waals surface area contributed by atoms with E-state index in [-0.39, 0.29) is 0 Å². The molecule has 21 heavy (non-hydrogen) atoms. The first kappa shape index (κ1) is 16.9. The molecule has 0 amide bonds. The van der Waals surface area contributed by atoms with Gasteiger partial charge in [0.05, 0.1) is 0 Å². The summed E-state index contributed by atoms with van der Waals surface area (Å²) in [6.45, 7) is 4.28. The van der Waals surface area contributed by atoms with Crippen LogP contribution in [0.1, 0.15) is 22.3 Å². The van der Waals surface area contributed by atoms with Gasteiger partial charge in [-0.1, -0.05) is 11.9 Å². The van der Waals surface area contributed by atoms with Crippen molar-refractivity contribution in [2.75, 3.05) is 31.1 Å². The SMILES string of the molecule is Cc1c(I)c(C)c(N2CCNCC2)c(C)c1C[B-](F)(F)F. The maximum Gasteiger partial charge on any atom is 0.482 e. The van der Waals surface area contributed by atoms with Crippen molar-refractivity contribution in [2.24, 2.45) is 0 Å². The van der Waals surface area contributed by atoms with E-state index < -0.39 is 13.3 Å². The third-order valence-electron chi connectivity index (χ3n) is 4.14. The highest BCUT2D eigenvalue weighted by atomic mass is 127. The first-order valence-electron chi connectivity index (χ1n) is 7.17. The third-order valence-corrected chi connectivity index (χ3v) is 5.76. The molecule has 0 aromatic heterocycles. The van der Waals surface area contributed by atoms with Crippen molar-refractivity contribution in [1.82, 2.24) is 5.32 Å². The quantitative estimate of drug-likeness (QED) is 0.605. The van der Waals surface area contributed by atoms with Gasteiger partial charge in [-0.2, -0.15) is 0 Å². The lowest BCUT2D eigenvalue weighted by molar-refractivity contribution is 0.468. The minimum Gasteiger partial charge on any atom is -0.449 e. The molecule has 0 saturated carbocycles. The van der Waals surface area contributed by atoms with Crippen LogP contribution in [-0.2, 0) is 6.32 Å². The molecule has 1 N–H and O–H groups in total. The molecule has 0 bridgehead atoms. The van der Waals surface area contributed by atoms with Crippen molar-refractivity contribution < 1.29 is 12.9 Å². The molecular weight excluding hydrogens is 391 g/mol. The summed E-state index contributed by atoms with van der Waals surface area (Å²) in [5.74, 6) is 0. The summed E-state index contributed by atoms with van der Waals surface area (Å²) in [6, 6.07) is 0. The van der Waals surface area contributed by atoms with Crippen LogP contribution in [0, 0.1) is 24.3 Å². The van der Waals surface area contributed by atoms with E-state index in [0.29, 0.717) is 5.56 Å². The average molecular weight is 411 g/mol. The Balaban J connectivity index is 2.54. The van der Waals surface area contributed by atoms with Gasteiger partial charge < -0.3 is 23.2 Å². The number of nitrogens with zero attached hydrogens (tertiary/aromatic N) is 1. The number of rotatable bonds is 3. The van der Waals surface area contributed by atoms with Crippen LogP contribution >= 0.6 is 22.6 Å². The molecule has 2 nitrogen and oxygen atoms in total. The summed E-state index contributed by atoms with van der Waals surface area (Å²) < 4.78 is 39.8. The van der Waals surface area contributed by atoms with Gasteiger partial charge in [-0.05, 0) is 60.1 Å². The monoisotopic (exact) mass is 411 g/mol. The fraction of sp³-hybridized carbons (Fsp3) is 0.571. The smallest absolute Gasteiger partial charge is 0.449 e. The average Bonchev–Trinajstić information content (AvgIpc) is 2.42. The van der Waals surface area contributed by atoms with E-state index in [1.807, 2.05) is 13.8 Å². The predicted octanol–water partition coefficient (Wildman–Crippen LogP) is 3.56. The highest BCUT2D eigenvalue weighted by molar-refractivity contribution is 14.1. The molecule has 2 rings (SSSR count). The zero-order chi connectivity index (χ0) is 15.8. The Kier molecular flexibility index (Phi) is 5.13. The summed E-state index contributed by atoms with van der Waals surface area (Å²) in [6.07, 6.45) is -0.785. The normalized spacial score (nSPS) is 16.4. The van der Waals surface area contributed by atoms with E-state index in [0.717, 1.165) is 52.1 Å². The number of nitrogens with one attached hydrogen (secondary N) is 1. The largest absolute Gasteiger partial charge is 0.482 e. The van der Waals surface area contributed by atoms with Crippen molar-refractivity contribution in [2.45, 2.75) is 27.1 Å². The van der Waals surface area contributed by atoms with Crippen molar-refractivity contribution in [3.8, 4) is 0 Å². The van der Waals surface area contributed by atoms with Crippen molar-refractivity contribution >= 4 is 35.3 Å². The predicted molar refractivity (Wildman–Crippen MR) is 91.2 cm³/mol. The molecule has 1 fully saturated rings. The summed E-state index contributed by atoms with van der Waals surface area (Å²) >= 11 is 2.18. The zero-order valence-electron chi connectivity index (χ0n) is 12.6. The minimum absolute atomic E-state index is 0.464. The van der Waals surface area contributed by atoms with Gasteiger partial charge in [-0.15, -0.1) is 0 Å². The van der Waals surface area contributed by atoms with Crippen LogP contribution in [0.25, 0.3) is 0 Å². The van der Waals surface area contributed by atoms with Crippen molar-refractivity contribution in [3.63, 3.8) is 0 Å². The van der Waals surface area contributed by atoms with Gasteiger partial charge in [0.15, 0.2) is 0 Å². The number of hydrogen-bond acceptors (Lipinski definition) is 2. The fourth-order valence-electron chi connectivity index (χ4n) is 3.12. The van der Waals surface area contributed by atoms with Gasteiger partial charge in [0.2, 0.25) is 0 Å². The lowest BCUT2D eigenvalue weighted by atomic mass is 9.77. The molecule has 1 saturated heterocycles. The molecule has 0 radical (unpaired) electrons. The number of hydrogen-bond donors (Lipinski definition) is 1. The molecule has 0 spiro atoms. The first-order valence-corrected chi connectivity index (χ1v) is 8.25. The number of anilines is 1. The van der Waals surface area contributed by atoms with Crippen LogP contribution < -0.4 is 10.2 Å². The van der Waals surface area contributed by atoms with E-state index >= 15 is 0 Å². The van der Waals surface area contributed by atoms with Crippen LogP contribution in [0.15, 0.2) is 0 Å². The van der Waals surface area contributed by atoms with Crippen LogP contribution in [0.2, 0.25) is 0 Å². The summed E-state index contributed by atoms with van der Waals surface area (Å²) in [7, 11) is 0. The second-order valence-corrected chi connectivity index (χ2v) is 6.75. The molecule has 0 unspecified atom stereocenters. The van der Waals surface area contributed by atoms with E-state index in [2.05, 4.69) is 32.8 Å². The topological polar surface area (TPSA) is 15.3 Å². The molecule has 0 atom stereocenters. The minimum atomic E-state index is -4.82. The van der Waals surface area contributed by atoms with Gasteiger partial charge in [0, 0.05) is 35.4 Å². The highest BCUT2D eigenvalue weighted by Crippen LogP contribution is 2.36. The first-order chi connectivity index (χ1) is 9.72. The maximum absolute atomic E-state index is 12.9. The standard InChI is InChI=1S/C14H20BF3IN2/c1-9-12(8-15(16,17)18)10(2)14(11(3)13(9)19)21-6-4-20-5-7-21/h20H,4-8H2,1-3H3/q-1. The second kappa shape index (κ2) is 6.36. The third kappa shape index (κ3) is 3.67. The Morgan fingerprint density at radius 1 is 1.05 bits per heavy atom. The van der Waals surface area contributed by atoms with E-state index in [9.17, 15) is 12.9 Å². The Morgan fingerprint density at radius 3 is 2.14 bits per heavy atom. The maximum atomic E-state index is 12.9. The summed E-state index contributed by atoms with van der Waals surface area (Å²) in [4.78, 5) is 2.22. The van der Waals surface area contributed by atoms with E-state index in [1.54, 1.807) is 6.92 Å². The van der Waals surface area contributed by atoms with Gasteiger partial charge >= 0.3 is 6.98 Å². The Hall–Kier alpha value is -0.435. The molecule has 118 valence electrons. The Labute approximate surface area is 137 Å². The summed E-state index contributed by atoms with van der Waals surface area (Å²) in [5, 5.41) is 3.28. The molecular formula is C14H20BF3IN2-. The molecule has 1 aromatic carbocycles. The molecule has 7 heteroatoms. The number of piperazine rings is 1. The highest BCUT2D eigenvalue weighted by Gasteiger charge is 2.28. The number of halogens is 4. The number of benzene rings is 1. The molecule has 1 aliphatic heterocycles. The van der Waals surface area contributed by atoms with Gasteiger partial charge in [0.25, 0.3) is 0 Å². The van der Waals surface area contributed by atoms with Crippen LogP contribution in [0.5, 0.6) is 0 Å². The van der Waals surface area contributed by atoms with Crippen LogP contribution in [-0.4, -0.2) is 33.2 Å². The molecule has 1 aliphatic rings. The Bertz CT molecular complexity index is 540. The second-order valence-electron chi connectivity index (χ2n) is 5.67. The zero-order valence-corrected chi connectivity index (χ0v) is 14.7. The van der Waals surface area contributed by atoms with Crippen molar-refractivity contribution in [3.05, 3.63) is 25.8 Å². The molecule has 1 aromatic rings. The lowest BCUT2D eigenvalue weighted by Crippen LogP contribution is -2.44. The van der Waals surface area contributed by atoms with Gasteiger partial charge in [0.1, 0.15) is 0 Å². The van der Waals surface area contributed by atoms with Crippen LogP contribution in [0.3, 0.4) is 0 Å². The van der Waals surface area contributed by atoms with E-state index in [4.69, 9.17) is 0 Å².